The zero-order chi connectivity index (χ0) is 7.33. The van der Waals surface area contributed by atoms with Crippen LogP contribution in [0.25, 0.3) is 0 Å². The monoisotopic (exact) mass is 169 g/mol. The Morgan fingerprint density at radius 1 is 1.50 bits per heavy atom. The van der Waals surface area contributed by atoms with Crippen LogP contribution in [-0.2, 0) is 4.74 Å². The molecule has 0 rings (SSSR count). The van der Waals surface area contributed by atoms with Crippen LogP contribution in [0, 0.1) is 0 Å². The number of ether oxygens (including phenoxy) is 1. The predicted molar refractivity (Wildman–Crippen MR) is 43.4 cm³/mol. The summed E-state index contributed by atoms with van der Waals surface area (Å²) in [5, 5.41) is 8.30. The number of rotatable bonds is 4. The molecule has 3 nitrogen and oxygen atoms in total. The third kappa shape index (κ3) is 11.0. The van der Waals surface area contributed by atoms with Crippen molar-refractivity contribution in [3.63, 3.8) is 0 Å². The Morgan fingerprint density at radius 3 is 2.30 bits per heavy atom. The summed E-state index contributed by atoms with van der Waals surface area (Å²) < 4.78 is 4.97. The maximum absolute atomic E-state index is 8.30. The summed E-state index contributed by atoms with van der Waals surface area (Å²) in [4.78, 5) is 0. The maximum atomic E-state index is 8.30. The minimum absolute atomic E-state index is 0. The summed E-state index contributed by atoms with van der Waals surface area (Å²) in [6.45, 7) is 4.69. The van der Waals surface area contributed by atoms with Crippen LogP contribution >= 0.6 is 12.4 Å². The molecule has 0 aromatic rings. The lowest BCUT2D eigenvalue weighted by Gasteiger charge is -2.17. The summed E-state index contributed by atoms with van der Waals surface area (Å²) in [6, 6.07) is 0. The third-order valence-corrected chi connectivity index (χ3v) is 0.710. The normalized spacial score (nSPS) is 10.8. The first-order valence-corrected chi connectivity index (χ1v) is 3.04. The van der Waals surface area contributed by atoms with Gasteiger partial charge in [0.2, 0.25) is 0 Å². The van der Waals surface area contributed by atoms with Gasteiger partial charge in [-0.1, -0.05) is 0 Å². The van der Waals surface area contributed by atoms with E-state index < -0.39 is 0 Å². The van der Waals surface area contributed by atoms with Gasteiger partial charge in [-0.05, 0) is 13.8 Å². The van der Waals surface area contributed by atoms with E-state index in [1.54, 1.807) is 0 Å². The average molecular weight is 170 g/mol. The van der Waals surface area contributed by atoms with Crippen molar-refractivity contribution in [3.8, 4) is 0 Å². The zero-order valence-electron chi connectivity index (χ0n) is 6.46. The molecule has 0 unspecified atom stereocenters. The van der Waals surface area contributed by atoms with Crippen LogP contribution in [0.3, 0.4) is 0 Å². The molecule has 10 heavy (non-hydrogen) atoms. The van der Waals surface area contributed by atoms with E-state index in [9.17, 15) is 0 Å². The molecule has 0 saturated carbocycles. The molecule has 0 aliphatic heterocycles. The van der Waals surface area contributed by atoms with Gasteiger partial charge < -0.3 is 15.6 Å². The quantitative estimate of drug-likeness (QED) is 0.590. The fraction of sp³-hybridized carbons (Fsp3) is 1.00. The van der Waals surface area contributed by atoms with E-state index in [2.05, 4.69) is 0 Å². The fourth-order valence-corrected chi connectivity index (χ4v) is 0.400. The Balaban J connectivity index is 0. The molecule has 4 heteroatoms. The molecule has 0 bridgehead atoms. The Morgan fingerprint density at radius 2 is 2.00 bits per heavy atom. The van der Waals surface area contributed by atoms with Gasteiger partial charge >= 0.3 is 0 Å². The number of hydrogen-bond acceptors (Lipinski definition) is 3. The Bertz CT molecular complexity index is 72.6. The number of hydrogen-bond donors (Lipinski definition) is 2. The lowest BCUT2D eigenvalue weighted by atomic mass is 10.1. The standard InChI is InChI=1S/C6H15NO2.ClH/c1-6(2,7)5-9-4-3-8;/h8H,3-5,7H2,1-2H3;1H. The van der Waals surface area contributed by atoms with Crippen molar-refractivity contribution in [2.75, 3.05) is 19.8 Å². The van der Waals surface area contributed by atoms with Crippen molar-refractivity contribution in [3.05, 3.63) is 0 Å². The van der Waals surface area contributed by atoms with Crippen LogP contribution in [0.1, 0.15) is 13.8 Å². The summed E-state index contributed by atoms with van der Waals surface area (Å²) >= 11 is 0. The van der Waals surface area contributed by atoms with Crippen molar-refractivity contribution >= 4 is 12.4 Å². The van der Waals surface area contributed by atoms with Gasteiger partial charge in [-0.2, -0.15) is 0 Å². The van der Waals surface area contributed by atoms with Gasteiger partial charge in [0, 0.05) is 5.54 Å². The highest BCUT2D eigenvalue weighted by atomic mass is 35.5. The molecule has 0 saturated heterocycles. The highest BCUT2D eigenvalue weighted by Gasteiger charge is 2.09. The lowest BCUT2D eigenvalue weighted by Crippen LogP contribution is -2.37. The fourth-order valence-electron chi connectivity index (χ4n) is 0.400. The second-order valence-corrected chi connectivity index (χ2v) is 2.76. The number of aliphatic hydroxyl groups excluding tert-OH is 1. The van der Waals surface area contributed by atoms with Gasteiger partial charge in [-0.15, -0.1) is 12.4 Å². The van der Waals surface area contributed by atoms with E-state index in [4.69, 9.17) is 15.6 Å². The number of halogens is 1. The van der Waals surface area contributed by atoms with E-state index in [0.717, 1.165) is 0 Å². The van der Waals surface area contributed by atoms with Crippen molar-refractivity contribution in [1.82, 2.24) is 0 Å². The van der Waals surface area contributed by atoms with Crippen molar-refractivity contribution < 1.29 is 9.84 Å². The van der Waals surface area contributed by atoms with Crippen molar-refractivity contribution in [1.29, 1.82) is 0 Å². The Kier molecular flexibility index (Phi) is 7.58. The van der Waals surface area contributed by atoms with Crippen LogP contribution in [0.2, 0.25) is 0 Å². The average Bonchev–Trinajstić information content (AvgIpc) is 1.63. The van der Waals surface area contributed by atoms with Crippen LogP contribution in [0.4, 0.5) is 0 Å². The van der Waals surface area contributed by atoms with Crippen LogP contribution in [0.5, 0.6) is 0 Å². The molecule has 0 aliphatic rings. The minimum Gasteiger partial charge on any atom is -0.394 e. The van der Waals surface area contributed by atoms with E-state index in [0.29, 0.717) is 13.2 Å². The molecule has 0 aromatic carbocycles. The summed E-state index contributed by atoms with van der Waals surface area (Å²) in [5.41, 5.74) is 5.29. The third-order valence-electron chi connectivity index (χ3n) is 0.710. The van der Waals surface area contributed by atoms with Gasteiger partial charge in [0.1, 0.15) is 0 Å². The smallest absolute Gasteiger partial charge is 0.0698 e. The topological polar surface area (TPSA) is 55.5 Å². The molecule has 0 aromatic heterocycles. The first-order valence-electron chi connectivity index (χ1n) is 3.04. The molecule has 0 atom stereocenters. The molecule has 0 aliphatic carbocycles. The van der Waals surface area contributed by atoms with Crippen molar-refractivity contribution in [2.45, 2.75) is 19.4 Å². The van der Waals surface area contributed by atoms with Gasteiger partial charge in [0.25, 0.3) is 0 Å². The van der Waals surface area contributed by atoms with Crippen LogP contribution in [-0.4, -0.2) is 30.5 Å². The maximum Gasteiger partial charge on any atom is 0.0698 e. The number of nitrogens with two attached hydrogens (primary N) is 1. The first-order chi connectivity index (χ1) is 4.06. The molecule has 3 N–H and O–H groups in total. The summed E-state index contributed by atoms with van der Waals surface area (Å²) in [5.74, 6) is 0. The largest absolute Gasteiger partial charge is 0.394 e. The Labute approximate surface area is 68.0 Å². The first kappa shape index (κ1) is 12.8. The zero-order valence-corrected chi connectivity index (χ0v) is 7.28. The van der Waals surface area contributed by atoms with Gasteiger partial charge in [-0.25, -0.2) is 0 Å². The van der Waals surface area contributed by atoms with Gasteiger partial charge in [0.05, 0.1) is 19.8 Å². The van der Waals surface area contributed by atoms with Crippen LogP contribution < -0.4 is 5.73 Å². The van der Waals surface area contributed by atoms with Crippen molar-refractivity contribution in [2.24, 2.45) is 5.73 Å². The molecule has 0 amide bonds. The van der Waals surface area contributed by atoms with E-state index in [1.165, 1.54) is 0 Å². The van der Waals surface area contributed by atoms with E-state index in [-0.39, 0.29) is 24.6 Å². The molecule has 0 fully saturated rings. The van der Waals surface area contributed by atoms with Gasteiger partial charge in [0.15, 0.2) is 0 Å². The second-order valence-electron chi connectivity index (χ2n) is 2.76. The molecule has 64 valence electrons. The Hall–Kier alpha value is 0.170. The second kappa shape index (κ2) is 5.92. The molecule has 0 spiro atoms. The summed E-state index contributed by atoms with van der Waals surface area (Å²) in [6.07, 6.45) is 0. The van der Waals surface area contributed by atoms with Gasteiger partial charge in [-0.3, -0.25) is 0 Å². The van der Waals surface area contributed by atoms with Crippen LogP contribution in [0.15, 0.2) is 0 Å². The SMILES string of the molecule is CC(C)(N)COCCO.Cl. The lowest BCUT2D eigenvalue weighted by molar-refractivity contribution is 0.0663. The van der Waals surface area contributed by atoms with E-state index in [1.807, 2.05) is 13.8 Å². The summed E-state index contributed by atoms with van der Waals surface area (Å²) in [7, 11) is 0. The molecular weight excluding hydrogens is 154 g/mol. The predicted octanol–water partition coefficient (Wildman–Crippen LogP) is 0.154. The van der Waals surface area contributed by atoms with E-state index >= 15 is 0 Å². The minimum atomic E-state index is -0.283. The molecular formula is C6H16ClNO2. The highest BCUT2D eigenvalue weighted by Crippen LogP contribution is 1.95. The number of aliphatic hydroxyl groups is 1. The highest BCUT2D eigenvalue weighted by molar-refractivity contribution is 5.85. The molecule has 0 heterocycles. The molecule has 0 radical (unpaired) electrons.